The molecule has 2 rings (SSSR count). The van der Waals surface area contributed by atoms with Crippen LogP contribution in [0, 0.1) is 0 Å². The number of nitrogens with two attached hydrogens (primary N) is 1. The van der Waals surface area contributed by atoms with E-state index in [0.717, 1.165) is 39.1 Å². The zero-order valence-electron chi connectivity index (χ0n) is 10.4. The molecule has 2 N–H and O–H groups in total. The van der Waals surface area contributed by atoms with Gasteiger partial charge in [-0.25, -0.2) is 0 Å². The molecule has 0 atom stereocenters. The van der Waals surface area contributed by atoms with Crippen LogP contribution in [0.2, 0.25) is 0 Å². The molecule has 1 aromatic heterocycles. The van der Waals surface area contributed by atoms with Crippen LogP contribution in [0.1, 0.15) is 12.0 Å². The maximum Gasteiger partial charge on any atom is 0.0271 e. The fourth-order valence-corrected chi connectivity index (χ4v) is 2.23. The van der Waals surface area contributed by atoms with Gasteiger partial charge in [0.05, 0.1) is 0 Å². The lowest BCUT2D eigenvalue weighted by Gasteiger charge is -2.34. The number of rotatable bonds is 5. The summed E-state index contributed by atoms with van der Waals surface area (Å²) in [6.07, 6.45) is 4.85. The Bertz CT molecular complexity index is 306. The predicted octanol–water partition coefficient (Wildman–Crippen LogP) is 0.548. The van der Waals surface area contributed by atoms with Crippen molar-refractivity contribution in [2.75, 3.05) is 39.3 Å². The van der Waals surface area contributed by atoms with Crippen LogP contribution in [0.5, 0.6) is 0 Å². The molecule has 0 amide bonds. The lowest BCUT2D eigenvalue weighted by Crippen LogP contribution is -2.46. The molecule has 4 heteroatoms. The molecule has 1 aliphatic heterocycles. The van der Waals surface area contributed by atoms with Gasteiger partial charge in [0.1, 0.15) is 0 Å². The van der Waals surface area contributed by atoms with E-state index in [9.17, 15) is 0 Å². The zero-order valence-corrected chi connectivity index (χ0v) is 10.4. The highest BCUT2D eigenvalue weighted by molar-refractivity contribution is 5.09. The van der Waals surface area contributed by atoms with Gasteiger partial charge in [0.25, 0.3) is 0 Å². The van der Waals surface area contributed by atoms with Gasteiger partial charge in [-0.3, -0.25) is 9.88 Å². The monoisotopic (exact) mass is 234 g/mol. The molecule has 1 saturated heterocycles. The van der Waals surface area contributed by atoms with Crippen molar-refractivity contribution in [3.8, 4) is 0 Å². The van der Waals surface area contributed by atoms with Gasteiger partial charge in [-0.1, -0.05) is 0 Å². The quantitative estimate of drug-likeness (QED) is 0.808. The van der Waals surface area contributed by atoms with Gasteiger partial charge >= 0.3 is 0 Å². The molecule has 1 fully saturated rings. The average molecular weight is 234 g/mol. The van der Waals surface area contributed by atoms with Gasteiger partial charge in [-0.15, -0.1) is 0 Å². The topological polar surface area (TPSA) is 45.4 Å². The molecule has 1 aromatic rings. The zero-order chi connectivity index (χ0) is 11.9. The fourth-order valence-electron chi connectivity index (χ4n) is 2.23. The molecule has 4 nitrogen and oxygen atoms in total. The van der Waals surface area contributed by atoms with Crippen molar-refractivity contribution < 1.29 is 0 Å². The van der Waals surface area contributed by atoms with Crippen molar-refractivity contribution >= 4 is 0 Å². The van der Waals surface area contributed by atoms with Gasteiger partial charge < -0.3 is 10.6 Å². The summed E-state index contributed by atoms with van der Waals surface area (Å²) < 4.78 is 0. The van der Waals surface area contributed by atoms with Gasteiger partial charge in [-0.05, 0) is 37.2 Å². The first-order valence-corrected chi connectivity index (χ1v) is 6.42. The van der Waals surface area contributed by atoms with Gasteiger partial charge in [0.15, 0.2) is 0 Å². The second-order valence-corrected chi connectivity index (χ2v) is 4.62. The fraction of sp³-hybridized carbons (Fsp3) is 0.615. The summed E-state index contributed by atoms with van der Waals surface area (Å²) in [5, 5.41) is 0. The molecule has 0 bridgehead atoms. The smallest absolute Gasteiger partial charge is 0.0271 e. The Morgan fingerprint density at radius 3 is 2.35 bits per heavy atom. The van der Waals surface area contributed by atoms with Crippen LogP contribution in [0.25, 0.3) is 0 Å². The van der Waals surface area contributed by atoms with Crippen LogP contribution in [-0.2, 0) is 6.54 Å². The van der Waals surface area contributed by atoms with Crippen molar-refractivity contribution in [3.63, 3.8) is 0 Å². The van der Waals surface area contributed by atoms with Crippen molar-refractivity contribution in [1.29, 1.82) is 0 Å². The summed E-state index contributed by atoms with van der Waals surface area (Å²) in [4.78, 5) is 9.06. The highest BCUT2D eigenvalue weighted by atomic mass is 15.3. The molecule has 0 spiro atoms. The Morgan fingerprint density at radius 2 is 1.71 bits per heavy atom. The van der Waals surface area contributed by atoms with Gasteiger partial charge in [0.2, 0.25) is 0 Å². The number of aromatic nitrogens is 1. The number of hydrogen-bond donors (Lipinski definition) is 1. The Kier molecular flexibility index (Phi) is 4.91. The van der Waals surface area contributed by atoms with E-state index < -0.39 is 0 Å². The Balaban J connectivity index is 1.72. The van der Waals surface area contributed by atoms with Crippen LogP contribution >= 0.6 is 0 Å². The highest BCUT2D eigenvalue weighted by Gasteiger charge is 2.15. The molecule has 0 unspecified atom stereocenters. The molecular weight excluding hydrogens is 212 g/mol. The Hall–Kier alpha value is -0.970. The van der Waals surface area contributed by atoms with E-state index >= 15 is 0 Å². The van der Waals surface area contributed by atoms with Gasteiger partial charge in [0, 0.05) is 45.1 Å². The van der Waals surface area contributed by atoms with E-state index in [-0.39, 0.29) is 0 Å². The molecule has 1 aliphatic rings. The predicted molar refractivity (Wildman–Crippen MR) is 69.6 cm³/mol. The Labute approximate surface area is 103 Å². The van der Waals surface area contributed by atoms with E-state index in [0.29, 0.717) is 0 Å². The first-order chi connectivity index (χ1) is 8.38. The third-order valence-electron chi connectivity index (χ3n) is 3.30. The van der Waals surface area contributed by atoms with E-state index in [2.05, 4.69) is 26.9 Å². The molecule has 0 aliphatic carbocycles. The highest BCUT2D eigenvalue weighted by Crippen LogP contribution is 2.07. The average Bonchev–Trinajstić information content (AvgIpc) is 2.39. The summed E-state index contributed by atoms with van der Waals surface area (Å²) in [6, 6.07) is 4.20. The molecular formula is C13H22N4. The summed E-state index contributed by atoms with van der Waals surface area (Å²) in [5.41, 5.74) is 6.89. The van der Waals surface area contributed by atoms with E-state index in [1.807, 2.05) is 12.4 Å². The van der Waals surface area contributed by atoms with Crippen LogP contribution < -0.4 is 5.73 Å². The number of piperazine rings is 1. The molecule has 0 aromatic carbocycles. The minimum Gasteiger partial charge on any atom is -0.330 e. The lowest BCUT2D eigenvalue weighted by atomic mass is 10.2. The number of pyridine rings is 1. The van der Waals surface area contributed by atoms with E-state index in [1.54, 1.807) is 0 Å². The normalized spacial score (nSPS) is 18.4. The van der Waals surface area contributed by atoms with Crippen LogP contribution in [0.4, 0.5) is 0 Å². The minimum atomic E-state index is 0.803. The first-order valence-electron chi connectivity index (χ1n) is 6.42. The molecule has 0 saturated carbocycles. The SMILES string of the molecule is NCCCN1CCN(Cc2ccncc2)CC1. The van der Waals surface area contributed by atoms with Crippen molar-refractivity contribution in [3.05, 3.63) is 30.1 Å². The maximum atomic E-state index is 5.53. The van der Waals surface area contributed by atoms with Crippen LogP contribution in [-0.4, -0.2) is 54.1 Å². The maximum absolute atomic E-state index is 5.53. The largest absolute Gasteiger partial charge is 0.330 e. The van der Waals surface area contributed by atoms with Crippen molar-refractivity contribution in [1.82, 2.24) is 14.8 Å². The number of nitrogens with zero attached hydrogens (tertiary/aromatic N) is 3. The van der Waals surface area contributed by atoms with Crippen LogP contribution in [0.15, 0.2) is 24.5 Å². The minimum absolute atomic E-state index is 0.803. The summed E-state index contributed by atoms with van der Waals surface area (Å²) in [5.74, 6) is 0. The standard InChI is InChI=1S/C13H22N4/c14-4-1-7-16-8-10-17(11-9-16)12-13-2-5-15-6-3-13/h2-3,5-6H,1,4,7-12,14H2. The Morgan fingerprint density at radius 1 is 1.06 bits per heavy atom. The van der Waals surface area contributed by atoms with Crippen molar-refractivity contribution in [2.45, 2.75) is 13.0 Å². The van der Waals surface area contributed by atoms with Crippen molar-refractivity contribution in [2.24, 2.45) is 5.73 Å². The second-order valence-electron chi connectivity index (χ2n) is 4.62. The third kappa shape index (κ3) is 4.07. The van der Waals surface area contributed by atoms with E-state index in [1.165, 1.54) is 18.7 Å². The molecule has 0 radical (unpaired) electrons. The summed E-state index contributed by atoms with van der Waals surface area (Å²) in [6.45, 7) is 7.67. The molecule has 17 heavy (non-hydrogen) atoms. The molecule has 94 valence electrons. The summed E-state index contributed by atoms with van der Waals surface area (Å²) in [7, 11) is 0. The molecule has 2 heterocycles. The second kappa shape index (κ2) is 6.69. The van der Waals surface area contributed by atoms with Crippen LogP contribution in [0.3, 0.4) is 0 Å². The van der Waals surface area contributed by atoms with E-state index in [4.69, 9.17) is 5.73 Å². The number of hydrogen-bond acceptors (Lipinski definition) is 4. The first kappa shape index (κ1) is 12.5. The van der Waals surface area contributed by atoms with Gasteiger partial charge in [-0.2, -0.15) is 0 Å². The summed E-state index contributed by atoms with van der Waals surface area (Å²) >= 11 is 0. The third-order valence-corrected chi connectivity index (χ3v) is 3.30. The lowest BCUT2D eigenvalue weighted by molar-refractivity contribution is 0.126.